The highest BCUT2D eigenvalue weighted by Gasteiger charge is 2.40. The normalized spacial score (nSPS) is 14.3. The average Bonchev–Trinajstić information content (AvgIpc) is 2.59. The van der Waals surface area contributed by atoms with Crippen molar-refractivity contribution >= 4 is 28.3 Å². The van der Waals surface area contributed by atoms with Gasteiger partial charge in [0.25, 0.3) is 11.8 Å². The molecule has 1 heterocycles. The van der Waals surface area contributed by atoms with Gasteiger partial charge in [0.1, 0.15) is 0 Å². The number of rotatable bonds is 1. The van der Waals surface area contributed by atoms with Crippen LogP contribution >= 0.6 is 0 Å². The molecule has 0 aliphatic carbocycles. The topological polar surface area (TPSA) is 37.4 Å². The molecule has 0 radical (unpaired) electrons. The maximum atomic E-state index is 13.3. The Bertz CT molecular complexity index is 990. The third kappa shape index (κ3) is 2.21. The number of hydrogen-bond acceptors (Lipinski definition) is 2. The summed E-state index contributed by atoms with van der Waals surface area (Å²) < 4.78 is 40.0. The van der Waals surface area contributed by atoms with E-state index in [1.54, 1.807) is 24.3 Å². The number of nitrogens with zero attached hydrogens (tertiary/aromatic N) is 1. The first-order valence-corrected chi connectivity index (χ1v) is 7.46. The highest BCUT2D eigenvalue weighted by atomic mass is 19.4. The van der Waals surface area contributed by atoms with Gasteiger partial charge in [-0.3, -0.25) is 9.59 Å². The van der Waals surface area contributed by atoms with Gasteiger partial charge in [0.15, 0.2) is 0 Å². The van der Waals surface area contributed by atoms with Gasteiger partial charge in [-0.15, -0.1) is 0 Å². The van der Waals surface area contributed by atoms with Crippen LogP contribution in [0.1, 0.15) is 26.3 Å². The number of carbonyl (C=O) groups excluding carboxylic acids is 2. The first kappa shape index (κ1) is 15.4. The molecule has 0 bridgehead atoms. The monoisotopic (exact) mass is 341 g/mol. The van der Waals surface area contributed by atoms with Crippen molar-refractivity contribution in [1.29, 1.82) is 0 Å². The number of alkyl halides is 3. The minimum Gasteiger partial charge on any atom is -0.268 e. The van der Waals surface area contributed by atoms with E-state index in [2.05, 4.69) is 0 Å². The average molecular weight is 341 g/mol. The Morgan fingerprint density at radius 2 is 1.28 bits per heavy atom. The summed E-state index contributed by atoms with van der Waals surface area (Å²) in [5.41, 5.74) is -1.06. The number of hydrogen-bond donors (Lipinski definition) is 0. The third-order valence-corrected chi connectivity index (χ3v) is 4.22. The van der Waals surface area contributed by atoms with E-state index in [1.165, 1.54) is 24.3 Å². The molecule has 0 fully saturated rings. The smallest absolute Gasteiger partial charge is 0.268 e. The summed E-state index contributed by atoms with van der Waals surface area (Å²) in [7, 11) is 0. The number of imide groups is 1. The molecule has 0 aromatic heterocycles. The standard InChI is InChI=1S/C19H10F3NO2/c20-19(21,22)14-9-1-2-10-15(14)23-17(24)12-7-3-5-11-6-4-8-13(16(11)12)18(23)25/h1-10H. The van der Waals surface area contributed by atoms with Crippen LogP contribution in [0.3, 0.4) is 0 Å². The number of amides is 2. The lowest BCUT2D eigenvalue weighted by Gasteiger charge is -2.29. The molecule has 1 aliphatic rings. The molecule has 2 amide bonds. The maximum Gasteiger partial charge on any atom is 0.418 e. The van der Waals surface area contributed by atoms with Crippen molar-refractivity contribution < 1.29 is 22.8 Å². The molecule has 0 saturated heterocycles. The summed E-state index contributed by atoms with van der Waals surface area (Å²) in [5, 5.41) is 1.17. The molecule has 0 unspecified atom stereocenters. The van der Waals surface area contributed by atoms with E-state index >= 15 is 0 Å². The predicted octanol–water partition coefficient (Wildman–Crippen LogP) is 4.66. The van der Waals surface area contributed by atoms with E-state index in [9.17, 15) is 22.8 Å². The summed E-state index contributed by atoms with van der Waals surface area (Å²) in [4.78, 5) is 26.3. The summed E-state index contributed by atoms with van der Waals surface area (Å²) in [5.74, 6) is -1.52. The van der Waals surface area contributed by atoms with E-state index in [-0.39, 0.29) is 11.1 Å². The van der Waals surface area contributed by atoms with Crippen molar-refractivity contribution in [3.8, 4) is 0 Å². The van der Waals surface area contributed by atoms with Gasteiger partial charge in [-0.05, 0) is 29.7 Å². The van der Waals surface area contributed by atoms with Crippen molar-refractivity contribution in [2.45, 2.75) is 6.18 Å². The largest absolute Gasteiger partial charge is 0.418 e. The van der Waals surface area contributed by atoms with Crippen molar-refractivity contribution in [3.05, 3.63) is 77.4 Å². The summed E-state index contributed by atoms with van der Waals surface area (Å²) in [6.07, 6.45) is -4.68. The molecule has 1 aliphatic heterocycles. The molecular formula is C19H10F3NO2. The lowest BCUT2D eigenvalue weighted by molar-refractivity contribution is -0.137. The van der Waals surface area contributed by atoms with Crippen molar-refractivity contribution in [1.82, 2.24) is 0 Å². The highest BCUT2D eigenvalue weighted by Crippen LogP contribution is 2.40. The zero-order chi connectivity index (χ0) is 17.8. The van der Waals surface area contributed by atoms with E-state index in [4.69, 9.17) is 0 Å². The Morgan fingerprint density at radius 3 is 1.84 bits per heavy atom. The van der Waals surface area contributed by atoms with E-state index < -0.39 is 29.2 Å². The molecule has 3 aromatic carbocycles. The molecule has 0 saturated carbocycles. The van der Waals surface area contributed by atoms with Crippen LogP contribution in [0.25, 0.3) is 10.8 Å². The van der Waals surface area contributed by atoms with E-state index in [0.717, 1.165) is 12.1 Å². The molecule has 0 N–H and O–H groups in total. The summed E-state index contributed by atoms with van der Waals surface area (Å²) in [6.45, 7) is 0. The first-order chi connectivity index (χ1) is 11.9. The van der Waals surface area contributed by atoms with Gasteiger partial charge in [-0.2, -0.15) is 13.2 Å². The lowest BCUT2D eigenvalue weighted by atomic mass is 9.93. The first-order valence-electron chi connectivity index (χ1n) is 7.46. The summed E-state index contributed by atoms with van der Waals surface area (Å²) in [6, 6.07) is 14.4. The van der Waals surface area contributed by atoms with E-state index in [0.29, 0.717) is 15.7 Å². The molecule has 0 spiro atoms. The Kier molecular flexibility index (Phi) is 3.18. The molecular weight excluding hydrogens is 331 g/mol. The zero-order valence-electron chi connectivity index (χ0n) is 12.7. The molecule has 4 rings (SSSR count). The fourth-order valence-electron chi connectivity index (χ4n) is 3.16. The second-order valence-corrected chi connectivity index (χ2v) is 5.67. The molecule has 124 valence electrons. The van der Waals surface area contributed by atoms with Crippen LogP contribution in [-0.2, 0) is 6.18 Å². The second kappa shape index (κ2) is 5.17. The SMILES string of the molecule is O=C1c2cccc3cccc(c23)C(=O)N1c1ccccc1C(F)(F)F. The number of anilines is 1. The van der Waals surface area contributed by atoms with Gasteiger partial charge in [-0.25, -0.2) is 4.90 Å². The number of halogens is 3. The highest BCUT2D eigenvalue weighted by molar-refractivity contribution is 6.35. The fraction of sp³-hybridized carbons (Fsp3) is 0.0526. The van der Waals surface area contributed by atoms with Crippen molar-refractivity contribution in [2.24, 2.45) is 0 Å². The minimum atomic E-state index is -4.68. The lowest BCUT2D eigenvalue weighted by Crippen LogP contribution is -2.41. The second-order valence-electron chi connectivity index (χ2n) is 5.67. The van der Waals surface area contributed by atoms with Crippen LogP contribution in [0.5, 0.6) is 0 Å². The molecule has 3 aromatic rings. The summed E-state index contributed by atoms with van der Waals surface area (Å²) >= 11 is 0. The third-order valence-electron chi connectivity index (χ3n) is 4.22. The molecule has 0 atom stereocenters. The minimum absolute atomic E-state index is 0.213. The van der Waals surface area contributed by atoms with Gasteiger partial charge in [0.05, 0.1) is 11.3 Å². The number of carbonyl (C=O) groups is 2. The fourth-order valence-corrected chi connectivity index (χ4v) is 3.16. The Morgan fingerprint density at radius 1 is 0.720 bits per heavy atom. The van der Waals surface area contributed by atoms with Crippen molar-refractivity contribution in [2.75, 3.05) is 4.90 Å². The number of para-hydroxylation sites is 1. The van der Waals surface area contributed by atoms with Crippen LogP contribution in [0, 0.1) is 0 Å². The maximum absolute atomic E-state index is 13.3. The van der Waals surface area contributed by atoms with E-state index in [1.807, 2.05) is 0 Å². The van der Waals surface area contributed by atoms with Gasteiger partial charge in [-0.1, -0.05) is 36.4 Å². The van der Waals surface area contributed by atoms with Crippen LogP contribution in [0.2, 0.25) is 0 Å². The van der Waals surface area contributed by atoms with Gasteiger partial charge in [0, 0.05) is 16.5 Å². The number of benzene rings is 3. The van der Waals surface area contributed by atoms with Gasteiger partial charge >= 0.3 is 6.18 Å². The molecule has 25 heavy (non-hydrogen) atoms. The van der Waals surface area contributed by atoms with Crippen LogP contribution < -0.4 is 4.90 Å². The van der Waals surface area contributed by atoms with Crippen LogP contribution in [0.15, 0.2) is 60.7 Å². The van der Waals surface area contributed by atoms with Gasteiger partial charge in [0.2, 0.25) is 0 Å². The van der Waals surface area contributed by atoms with Crippen LogP contribution in [-0.4, -0.2) is 11.8 Å². The quantitative estimate of drug-likeness (QED) is 0.604. The van der Waals surface area contributed by atoms with Crippen molar-refractivity contribution in [3.63, 3.8) is 0 Å². The molecule has 3 nitrogen and oxygen atoms in total. The van der Waals surface area contributed by atoms with Gasteiger partial charge < -0.3 is 0 Å². The Labute approximate surface area is 140 Å². The predicted molar refractivity (Wildman–Crippen MR) is 86.5 cm³/mol. The molecule has 6 heteroatoms. The Balaban J connectivity index is 1.99. The van der Waals surface area contributed by atoms with Crippen LogP contribution in [0.4, 0.5) is 18.9 Å². The zero-order valence-corrected chi connectivity index (χ0v) is 12.7. The Hall–Kier alpha value is -3.15.